The van der Waals surface area contributed by atoms with Gasteiger partial charge in [-0.15, -0.1) is 0 Å². The maximum Gasteiger partial charge on any atom is 0.306 e. The van der Waals surface area contributed by atoms with E-state index in [-0.39, 0.29) is 26.1 Å². The Morgan fingerprint density at radius 2 is 1.18 bits per heavy atom. The number of ether oxygens (including phenoxy) is 2. The third-order valence-electron chi connectivity index (χ3n) is 9.41. The molecule has 0 amide bonds. The fourth-order valence-corrected chi connectivity index (χ4v) is 6.59. The summed E-state index contributed by atoms with van der Waals surface area (Å²) >= 11 is 0. The Morgan fingerprint density at radius 3 is 1.74 bits per heavy atom. The number of carbonyl (C=O) groups excluding carboxylic acids is 2. The Balaban J connectivity index is 4.42. The Labute approximate surface area is 348 Å². The van der Waals surface area contributed by atoms with Crippen molar-refractivity contribution in [3.8, 4) is 0 Å². The molecule has 0 bridgehead atoms. The number of allylic oxidation sites excluding steroid dienone is 6. The normalized spacial score (nSPS) is 14.6. The van der Waals surface area contributed by atoms with E-state index in [4.69, 9.17) is 18.5 Å². The van der Waals surface area contributed by atoms with Crippen LogP contribution in [0.4, 0.5) is 0 Å². The van der Waals surface area contributed by atoms with Crippen molar-refractivity contribution in [2.45, 2.75) is 187 Å². The van der Waals surface area contributed by atoms with Crippen LogP contribution in [0.25, 0.3) is 0 Å². The highest BCUT2D eigenvalue weighted by atomic mass is 31.2. The fraction of sp³-hybridized carbons (Fsp3) is 0.783. The van der Waals surface area contributed by atoms with Crippen molar-refractivity contribution in [2.24, 2.45) is 0 Å². The van der Waals surface area contributed by atoms with Gasteiger partial charge in [0.05, 0.1) is 33.9 Å². The van der Waals surface area contributed by atoms with E-state index >= 15 is 0 Å². The second-order valence-corrected chi connectivity index (χ2v) is 17.6. The predicted octanol–water partition coefficient (Wildman–Crippen LogP) is 11.0. The van der Waals surface area contributed by atoms with Crippen LogP contribution in [0.3, 0.4) is 0 Å². The summed E-state index contributed by atoms with van der Waals surface area (Å²) in [4.78, 5) is 37.5. The summed E-state index contributed by atoms with van der Waals surface area (Å²) in [6.07, 6.45) is 40.3. The number of carbonyl (C=O) groups is 2. The van der Waals surface area contributed by atoms with Crippen molar-refractivity contribution in [1.29, 1.82) is 0 Å². The number of esters is 2. The molecule has 0 aliphatic heterocycles. The van der Waals surface area contributed by atoms with E-state index in [1.54, 1.807) is 6.08 Å². The number of unbranched alkanes of at least 4 members (excludes halogenated alkanes) is 18. The number of aliphatic hydroxyl groups excluding tert-OH is 1. The van der Waals surface area contributed by atoms with Crippen molar-refractivity contribution < 1.29 is 47.2 Å². The first-order valence-corrected chi connectivity index (χ1v) is 23.9. The van der Waals surface area contributed by atoms with E-state index < -0.39 is 38.6 Å². The summed E-state index contributed by atoms with van der Waals surface area (Å²) < 4.78 is 33.9. The Kier molecular flexibility index (Phi) is 36.8. The lowest BCUT2D eigenvalue weighted by Gasteiger charge is -2.28. The molecule has 0 heterocycles. The van der Waals surface area contributed by atoms with E-state index in [2.05, 4.69) is 32.1 Å². The van der Waals surface area contributed by atoms with Crippen molar-refractivity contribution in [1.82, 2.24) is 0 Å². The van der Waals surface area contributed by atoms with Crippen LogP contribution in [0.5, 0.6) is 0 Å². The van der Waals surface area contributed by atoms with Crippen LogP contribution in [0.2, 0.25) is 0 Å². The fourth-order valence-electron chi connectivity index (χ4n) is 5.86. The number of quaternary nitrogens is 1. The third-order valence-corrected chi connectivity index (χ3v) is 10.4. The molecular weight excluding hydrogens is 741 g/mol. The van der Waals surface area contributed by atoms with Crippen LogP contribution in [-0.4, -0.2) is 81.2 Å². The molecule has 0 radical (unpaired) electrons. The molecule has 0 aromatic rings. The molecule has 0 spiro atoms. The quantitative estimate of drug-likeness (QED) is 0.0160. The van der Waals surface area contributed by atoms with E-state index in [0.29, 0.717) is 30.3 Å². The molecule has 0 aromatic carbocycles. The van der Waals surface area contributed by atoms with Gasteiger partial charge in [0.15, 0.2) is 6.10 Å². The van der Waals surface area contributed by atoms with Gasteiger partial charge in [-0.25, -0.2) is 0 Å². The van der Waals surface area contributed by atoms with Gasteiger partial charge in [-0.2, -0.15) is 0 Å². The first-order chi connectivity index (χ1) is 27.4. The molecule has 332 valence electrons. The summed E-state index contributed by atoms with van der Waals surface area (Å²) in [5.74, 6) is -0.894. The van der Waals surface area contributed by atoms with Gasteiger partial charge < -0.3 is 33.0 Å². The van der Waals surface area contributed by atoms with Crippen molar-refractivity contribution in [2.75, 3.05) is 47.5 Å². The standard InChI is InChI=1S/C46H84NO9P/c1-6-8-10-11-12-13-14-15-16-17-18-19-20-23-27-30-34-38-46(50)56-44(42-55-57(51,52)54-40-39-47(3,4)5)41-53-45(49)37-33-29-26-24-21-22-25-28-32-36-43(48)35-31-9-7-2/h9,15-16,25,28,31-32,36,43-44,48H,6-8,10-14,17-24,26-27,29-30,33-35,37-42H2,1-5H3/b16-15-,28-25+,31-9+,36-32+/t43?,44-/m1/s1. The molecule has 0 aliphatic rings. The number of hydrogen-bond acceptors (Lipinski definition) is 9. The van der Waals surface area contributed by atoms with Crippen molar-refractivity contribution in [3.05, 3.63) is 48.6 Å². The molecular formula is C46H84NO9P. The van der Waals surface area contributed by atoms with Crippen molar-refractivity contribution in [3.63, 3.8) is 0 Å². The molecule has 1 N–H and O–H groups in total. The van der Waals surface area contributed by atoms with E-state index in [9.17, 15) is 24.2 Å². The molecule has 0 saturated heterocycles. The molecule has 2 unspecified atom stereocenters. The van der Waals surface area contributed by atoms with Gasteiger partial charge in [-0.3, -0.25) is 14.2 Å². The molecule has 57 heavy (non-hydrogen) atoms. The Hall–Kier alpha value is -2.07. The molecule has 0 rings (SSSR count). The third kappa shape index (κ3) is 41.9. The molecule has 0 saturated carbocycles. The van der Waals surface area contributed by atoms with Crippen LogP contribution in [0, 0.1) is 0 Å². The molecule has 10 nitrogen and oxygen atoms in total. The summed E-state index contributed by atoms with van der Waals surface area (Å²) in [5, 5.41) is 9.88. The number of likely N-dealkylation sites (N-methyl/N-ethyl adjacent to an activating group) is 1. The lowest BCUT2D eigenvalue weighted by atomic mass is 10.1. The predicted molar refractivity (Wildman–Crippen MR) is 233 cm³/mol. The number of hydrogen-bond donors (Lipinski definition) is 1. The molecule has 11 heteroatoms. The zero-order valence-corrected chi connectivity index (χ0v) is 37.8. The number of phosphoric acid groups is 1. The van der Waals surface area contributed by atoms with Crippen LogP contribution in [0.15, 0.2) is 48.6 Å². The van der Waals surface area contributed by atoms with Crippen LogP contribution in [-0.2, 0) is 32.7 Å². The lowest BCUT2D eigenvalue weighted by molar-refractivity contribution is -0.870. The molecule has 3 atom stereocenters. The highest BCUT2D eigenvalue weighted by Gasteiger charge is 2.21. The first-order valence-electron chi connectivity index (χ1n) is 22.5. The smallest absolute Gasteiger partial charge is 0.306 e. The van der Waals surface area contributed by atoms with Gasteiger partial charge in [0.1, 0.15) is 19.8 Å². The number of nitrogens with zero attached hydrogens (tertiary/aromatic N) is 1. The highest BCUT2D eigenvalue weighted by molar-refractivity contribution is 7.45. The van der Waals surface area contributed by atoms with Gasteiger partial charge in [0.25, 0.3) is 7.82 Å². The van der Waals surface area contributed by atoms with Gasteiger partial charge in [0, 0.05) is 12.8 Å². The summed E-state index contributed by atoms with van der Waals surface area (Å²) in [6, 6.07) is 0. The van der Waals surface area contributed by atoms with Gasteiger partial charge in [0.2, 0.25) is 0 Å². The van der Waals surface area contributed by atoms with Gasteiger partial charge >= 0.3 is 11.9 Å². The minimum Gasteiger partial charge on any atom is -0.756 e. The van der Waals surface area contributed by atoms with E-state index in [1.807, 2.05) is 45.4 Å². The number of rotatable bonds is 40. The van der Waals surface area contributed by atoms with Crippen LogP contribution < -0.4 is 4.89 Å². The second-order valence-electron chi connectivity index (χ2n) is 16.2. The van der Waals surface area contributed by atoms with Crippen LogP contribution >= 0.6 is 7.82 Å². The van der Waals surface area contributed by atoms with E-state index in [0.717, 1.165) is 64.2 Å². The SMILES string of the molecule is CC/C=C/CC(O)/C=C/C=C/CCCCCCCC(=O)OC[C@H](COP(=O)([O-])OCC[N+](C)(C)C)OC(=O)CCCCCCCCC/C=C\CCCCCCCC. The van der Waals surface area contributed by atoms with Gasteiger partial charge in [-0.1, -0.05) is 146 Å². The Morgan fingerprint density at radius 1 is 0.649 bits per heavy atom. The number of phosphoric ester groups is 1. The monoisotopic (exact) mass is 826 g/mol. The lowest BCUT2D eigenvalue weighted by Crippen LogP contribution is -2.37. The summed E-state index contributed by atoms with van der Waals surface area (Å²) in [6.45, 7) is 3.96. The maximum absolute atomic E-state index is 12.7. The maximum atomic E-state index is 12.7. The zero-order valence-electron chi connectivity index (χ0n) is 36.9. The molecule has 0 aromatic heterocycles. The summed E-state index contributed by atoms with van der Waals surface area (Å²) in [7, 11) is 1.12. The second kappa shape index (κ2) is 38.2. The first kappa shape index (κ1) is 54.9. The Bertz CT molecular complexity index is 1130. The van der Waals surface area contributed by atoms with Crippen LogP contribution in [0.1, 0.15) is 174 Å². The van der Waals surface area contributed by atoms with Gasteiger partial charge in [-0.05, 0) is 64.2 Å². The topological polar surface area (TPSA) is 131 Å². The average Bonchev–Trinajstić information content (AvgIpc) is 3.15. The summed E-state index contributed by atoms with van der Waals surface area (Å²) in [5.41, 5.74) is 0. The minimum absolute atomic E-state index is 0.0451. The zero-order chi connectivity index (χ0) is 42.3. The van der Waals surface area contributed by atoms with Crippen molar-refractivity contribution >= 4 is 19.8 Å². The highest BCUT2D eigenvalue weighted by Crippen LogP contribution is 2.38. The largest absolute Gasteiger partial charge is 0.756 e. The average molecular weight is 826 g/mol. The number of aliphatic hydroxyl groups is 1. The minimum atomic E-state index is -4.64. The molecule has 0 fully saturated rings. The molecule has 0 aliphatic carbocycles. The van der Waals surface area contributed by atoms with E-state index in [1.165, 1.54) is 64.2 Å².